The highest BCUT2D eigenvalue weighted by Crippen LogP contribution is 2.40. The molecule has 0 unspecified atom stereocenters. The Bertz CT molecular complexity index is 657. The predicted octanol–water partition coefficient (Wildman–Crippen LogP) is 4.82. The molecule has 1 aliphatic rings. The van der Waals surface area contributed by atoms with Gasteiger partial charge in [-0.3, -0.25) is 0 Å². The van der Waals surface area contributed by atoms with Crippen molar-refractivity contribution in [3.05, 3.63) is 44.7 Å². The fourth-order valence-corrected chi connectivity index (χ4v) is 2.58. The second kappa shape index (κ2) is 4.90. The second-order valence-corrected chi connectivity index (χ2v) is 6.09. The molecule has 1 aromatic heterocycles. The molecule has 0 atom stereocenters. The Labute approximate surface area is 125 Å². The zero-order valence-corrected chi connectivity index (χ0v) is 12.8. The minimum atomic E-state index is -0.646. The standard InChI is InChI=1S/C13H8Br2F2N2/c14-7-3-4-8(16)11(12(7)17)9-5-10(15)19-13(18-9)6-1-2-6/h3-6H,1-2H2. The van der Waals surface area contributed by atoms with E-state index in [1.807, 2.05) is 0 Å². The van der Waals surface area contributed by atoms with Crippen molar-refractivity contribution in [3.63, 3.8) is 0 Å². The fourth-order valence-electron chi connectivity index (χ4n) is 1.85. The van der Waals surface area contributed by atoms with E-state index in [0.29, 0.717) is 16.3 Å². The Hall–Kier alpha value is -0.880. The summed E-state index contributed by atoms with van der Waals surface area (Å²) in [6.45, 7) is 0. The summed E-state index contributed by atoms with van der Waals surface area (Å²) in [7, 11) is 0. The molecule has 2 nitrogen and oxygen atoms in total. The van der Waals surface area contributed by atoms with Gasteiger partial charge in [0, 0.05) is 5.92 Å². The molecule has 98 valence electrons. The van der Waals surface area contributed by atoms with E-state index < -0.39 is 11.6 Å². The quantitative estimate of drug-likeness (QED) is 0.543. The molecular weight excluding hydrogens is 382 g/mol. The molecule has 0 N–H and O–H groups in total. The summed E-state index contributed by atoms with van der Waals surface area (Å²) >= 11 is 6.33. The minimum absolute atomic E-state index is 0.126. The van der Waals surface area contributed by atoms with Gasteiger partial charge < -0.3 is 0 Å². The lowest BCUT2D eigenvalue weighted by Crippen LogP contribution is -1.99. The van der Waals surface area contributed by atoms with Crippen molar-refractivity contribution in [2.45, 2.75) is 18.8 Å². The first-order valence-electron chi connectivity index (χ1n) is 5.74. The van der Waals surface area contributed by atoms with Gasteiger partial charge in [0.2, 0.25) is 0 Å². The Morgan fingerprint density at radius 3 is 2.53 bits per heavy atom. The van der Waals surface area contributed by atoms with Gasteiger partial charge in [-0.15, -0.1) is 0 Å². The predicted molar refractivity (Wildman–Crippen MR) is 74.8 cm³/mol. The van der Waals surface area contributed by atoms with Crippen molar-refractivity contribution >= 4 is 31.9 Å². The van der Waals surface area contributed by atoms with Crippen LogP contribution in [0.2, 0.25) is 0 Å². The molecule has 0 saturated heterocycles. The van der Waals surface area contributed by atoms with Gasteiger partial charge in [-0.1, -0.05) is 0 Å². The number of hydrogen-bond acceptors (Lipinski definition) is 2. The molecule has 1 aromatic carbocycles. The molecule has 0 amide bonds. The summed E-state index contributed by atoms with van der Waals surface area (Å²) < 4.78 is 28.7. The van der Waals surface area contributed by atoms with Gasteiger partial charge in [0.05, 0.1) is 15.7 Å². The fraction of sp³-hybridized carbons (Fsp3) is 0.231. The van der Waals surface area contributed by atoms with Crippen LogP contribution in [0.15, 0.2) is 27.3 Å². The largest absolute Gasteiger partial charge is 0.232 e. The van der Waals surface area contributed by atoms with Crippen LogP contribution >= 0.6 is 31.9 Å². The van der Waals surface area contributed by atoms with Crippen molar-refractivity contribution in [3.8, 4) is 11.3 Å². The highest BCUT2D eigenvalue weighted by Gasteiger charge is 2.28. The molecule has 1 aliphatic carbocycles. The maximum atomic E-state index is 14.1. The zero-order chi connectivity index (χ0) is 13.6. The van der Waals surface area contributed by atoms with Crippen LogP contribution in [0, 0.1) is 11.6 Å². The average molecular weight is 390 g/mol. The molecule has 0 spiro atoms. The topological polar surface area (TPSA) is 25.8 Å². The van der Waals surface area contributed by atoms with Gasteiger partial charge in [-0.2, -0.15) is 0 Å². The Morgan fingerprint density at radius 2 is 1.84 bits per heavy atom. The maximum Gasteiger partial charge on any atom is 0.149 e. The molecule has 1 heterocycles. The normalized spacial score (nSPS) is 14.7. The summed E-state index contributed by atoms with van der Waals surface area (Å²) in [5, 5.41) is 0. The van der Waals surface area contributed by atoms with Crippen molar-refractivity contribution < 1.29 is 8.78 Å². The van der Waals surface area contributed by atoms with Crippen LogP contribution in [0.1, 0.15) is 24.6 Å². The van der Waals surface area contributed by atoms with Crippen LogP contribution in [0.5, 0.6) is 0 Å². The Kier molecular flexibility index (Phi) is 3.39. The number of rotatable bonds is 2. The lowest BCUT2D eigenvalue weighted by atomic mass is 10.1. The van der Waals surface area contributed by atoms with Gasteiger partial charge in [-0.25, -0.2) is 18.7 Å². The molecule has 0 radical (unpaired) electrons. The molecule has 0 bridgehead atoms. The number of halogens is 4. The first-order valence-corrected chi connectivity index (χ1v) is 7.33. The summed E-state index contributed by atoms with van der Waals surface area (Å²) in [6, 6.07) is 4.08. The maximum absolute atomic E-state index is 14.1. The van der Waals surface area contributed by atoms with E-state index >= 15 is 0 Å². The van der Waals surface area contributed by atoms with Gasteiger partial charge in [0.25, 0.3) is 0 Å². The van der Waals surface area contributed by atoms with Crippen LogP contribution in [-0.2, 0) is 0 Å². The SMILES string of the molecule is Fc1ccc(Br)c(F)c1-c1cc(Br)nc(C2CC2)n1. The Balaban J connectivity index is 2.19. The summed E-state index contributed by atoms with van der Waals surface area (Å²) in [6.07, 6.45) is 2.05. The van der Waals surface area contributed by atoms with E-state index in [9.17, 15) is 8.78 Å². The van der Waals surface area contributed by atoms with Crippen molar-refractivity contribution in [1.29, 1.82) is 0 Å². The molecule has 6 heteroatoms. The van der Waals surface area contributed by atoms with Gasteiger partial charge in [0.15, 0.2) is 0 Å². The summed E-state index contributed by atoms with van der Waals surface area (Å²) in [5.74, 6) is -0.321. The van der Waals surface area contributed by atoms with Crippen LogP contribution in [0.4, 0.5) is 8.78 Å². The van der Waals surface area contributed by atoms with Crippen LogP contribution in [0.3, 0.4) is 0 Å². The lowest BCUT2D eigenvalue weighted by Gasteiger charge is -2.08. The first-order chi connectivity index (χ1) is 9.06. The number of aromatic nitrogens is 2. The van der Waals surface area contributed by atoms with E-state index in [4.69, 9.17) is 0 Å². The molecule has 0 aliphatic heterocycles. The third-order valence-corrected chi connectivity index (χ3v) is 3.97. The smallest absolute Gasteiger partial charge is 0.149 e. The molecule has 2 aromatic rings. The van der Waals surface area contributed by atoms with E-state index in [1.165, 1.54) is 18.2 Å². The van der Waals surface area contributed by atoms with Crippen molar-refractivity contribution in [2.75, 3.05) is 0 Å². The monoisotopic (exact) mass is 388 g/mol. The van der Waals surface area contributed by atoms with E-state index in [0.717, 1.165) is 12.8 Å². The summed E-state index contributed by atoms with van der Waals surface area (Å²) in [5.41, 5.74) is 0.138. The number of benzene rings is 1. The zero-order valence-electron chi connectivity index (χ0n) is 9.63. The minimum Gasteiger partial charge on any atom is -0.232 e. The van der Waals surface area contributed by atoms with Crippen LogP contribution < -0.4 is 0 Å². The Morgan fingerprint density at radius 1 is 1.11 bits per heavy atom. The van der Waals surface area contributed by atoms with Crippen LogP contribution in [-0.4, -0.2) is 9.97 Å². The average Bonchev–Trinajstić information content (AvgIpc) is 3.18. The second-order valence-electron chi connectivity index (χ2n) is 4.43. The molecule has 3 rings (SSSR count). The van der Waals surface area contributed by atoms with Gasteiger partial charge in [0.1, 0.15) is 22.1 Å². The van der Waals surface area contributed by atoms with Gasteiger partial charge in [-0.05, 0) is 62.9 Å². The highest BCUT2D eigenvalue weighted by molar-refractivity contribution is 9.10. The molecule has 19 heavy (non-hydrogen) atoms. The number of hydrogen-bond donors (Lipinski definition) is 0. The van der Waals surface area contributed by atoms with E-state index in [2.05, 4.69) is 41.8 Å². The molecule has 1 fully saturated rings. The van der Waals surface area contributed by atoms with E-state index in [1.54, 1.807) is 0 Å². The highest BCUT2D eigenvalue weighted by atomic mass is 79.9. The van der Waals surface area contributed by atoms with Crippen molar-refractivity contribution in [2.24, 2.45) is 0 Å². The van der Waals surface area contributed by atoms with Crippen LogP contribution in [0.25, 0.3) is 11.3 Å². The number of nitrogens with zero attached hydrogens (tertiary/aromatic N) is 2. The van der Waals surface area contributed by atoms with E-state index in [-0.39, 0.29) is 15.7 Å². The van der Waals surface area contributed by atoms with Crippen molar-refractivity contribution in [1.82, 2.24) is 9.97 Å². The molecular formula is C13H8Br2F2N2. The third kappa shape index (κ3) is 2.56. The van der Waals surface area contributed by atoms with Gasteiger partial charge >= 0.3 is 0 Å². The first kappa shape index (κ1) is 13.1. The summed E-state index contributed by atoms with van der Waals surface area (Å²) in [4.78, 5) is 8.54. The lowest BCUT2D eigenvalue weighted by molar-refractivity contribution is 0.584. The third-order valence-electron chi connectivity index (χ3n) is 2.95. The molecule has 1 saturated carbocycles.